The standard InChI is InChI=1S/C14H14Cl2N2O2/c1-8(2)20-12-5-4-9(6-11(12)15)13-10(7-19)14(16)18(3)17-13/h4-8H,1-3H3. The van der Waals surface area contributed by atoms with Crippen LogP contribution in [-0.4, -0.2) is 22.2 Å². The van der Waals surface area contributed by atoms with E-state index in [4.69, 9.17) is 27.9 Å². The Kier molecular flexibility index (Phi) is 4.35. The molecule has 4 nitrogen and oxygen atoms in total. The molecule has 0 bridgehead atoms. The molecule has 0 atom stereocenters. The molecule has 2 aromatic rings. The minimum absolute atomic E-state index is 0.0354. The fourth-order valence-electron chi connectivity index (χ4n) is 1.84. The topological polar surface area (TPSA) is 44.1 Å². The van der Waals surface area contributed by atoms with Crippen molar-refractivity contribution in [2.75, 3.05) is 0 Å². The highest BCUT2D eigenvalue weighted by molar-refractivity contribution is 6.33. The van der Waals surface area contributed by atoms with Crippen LogP contribution in [0.4, 0.5) is 0 Å². The maximum atomic E-state index is 11.1. The van der Waals surface area contributed by atoms with Crippen molar-refractivity contribution < 1.29 is 9.53 Å². The van der Waals surface area contributed by atoms with Crippen molar-refractivity contribution in [1.82, 2.24) is 9.78 Å². The number of aldehydes is 1. The molecule has 0 radical (unpaired) electrons. The largest absolute Gasteiger partial charge is 0.489 e. The predicted octanol–water partition coefficient (Wildman–Crippen LogP) is 3.99. The number of nitrogens with zero attached hydrogens (tertiary/aromatic N) is 2. The Balaban J connectivity index is 2.47. The first-order valence-corrected chi connectivity index (χ1v) is 6.84. The molecule has 1 heterocycles. The Bertz CT molecular complexity index is 651. The number of ether oxygens (including phenoxy) is 1. The summed E-state index contributed by atoms with van der Waals surface area (Å²) >= 11 is 12.2. The van der Waals surface area contributed by atoms with Gasteiger partial charge in [0.15, 0.2) is 6.29 Å². The number of aromatic nitrogens is 2. The van der Waals surface area contributed by atoms with Gasteiger partial charge in [-0.1, -0.05) is 23.2 Å². The molecule has 0 saturated carbocycles. The van der Waals surface area contributed by atoms with E-state index in [0.717, 1.165) is 5.56 Å². The van der Waals surface area contributed by atoms with Crippen LogP contribution in [0.15, 0.2) is 18.2 Å². The normalized spacial score (nSPS) is 10.9. The number of halogens is 2. The highest BCUT2D eigenvalue weighted by atomic mass is 35.5. The fraction of sp³-hybridized carbons (Fsp3) is 0.286. The Morgan fingerprint density at radius 1 is 1.35 bits per heavy atom. The van der Waals surface area contributed by atoms with Gasteiger partial charge in [-0.05, 0) is 32.0 Å². The molecule has 2 rings (SSSR count). The highest BCUT2D eigenvalue weighted by Gasteiger charge is 2.16. The number of rotatable bonds is 4. The minimum atomic E-state index is 0.0354. The van der Waals surface area contributed by atoms with Gasteiger partial charge in [-0.25, -0.2) is 0 Å². The van der Waals surface area contributed by atoms with Crippen molar-refractivity contribution in [2.24, 2.45) is 7.05 Å². The van der Waals surface area contributed by atoms with Gasteiger partial charge in [0.1, 0.15) is 16.6 Å². The molecular formula is C14H14Cl2N2O2. The summed E-state index contributed by atoms with van der Waals surface area (Å²) in [6.45, 7) is 3.85. The molecule has 0 aliphatic carbocycles. The van der Waals surface area contributed by atoms with Crippen LogP contribution in [0, 0.1) is 0 Å². The smallest absolute Gasteiger partial charge is 0.155 e. The first-order chi connectivity index (χ1) is 9.43. The van der Waals surface area contributed by atoms with E-state index in [2.05, 4.69) is 5.10 Å². The summed E-state index contributed by atoms with van der Waals surface area (Å²) in [5, 5.41) is 5.00. The SMILES string of the molecule is CC(C)Oc1ccc(-c2nn(C)c(Cl)c2C=O)cc1Cl. The molecule has 0 aliphatic heterocycles. The molecule has 20 heavy (non-hydrogen) atoms. The summed E-state index contributed by atoms with van der Waals surface area (Å²) in [7, 11) is 1.68. The number of carbonyl (C=O) groups excluding carboxylic acids is 1. The molecule has 0 aliphatic rings. The second-order valence-electron chi connectivity index (χ2n) is 4.61. The van der Waals surface area contributed by atoms with Gasteiger partial charge < -0.3 is 4.74 Å². The molecule has 0 amide bonds. The van der Waals surface area contributed by atoms with Crippen molar-refractivity contribution in [3.63, 3.8) is 0 Å². The lowest BCUT2D eigenvalue weighted by molar-refractivity contribution is 0.112. The van der Waals surface area contributed by atoms with Crippen LogP contribution >= 0.6 is 23.2 Å². The average Bonchev–Trinajstić information content (AvgIpc) is 2.67. The first-order valence-electron chi connectivity index (χ1n) is 6.08. The van der Waals surface area contributed by atoms with Crippen molar-refractivity contribution in [3.8, 4) is 17.0 Å². The Hall–Kier alpha value is -1.52. The Morgan fingerprint density at radius 2 is 2.05 bits per heavy atom. The predicted molar refractivity (Wildman–Crippen MR) is 79.8 cm³/mol. The summed E-state index contributed by atoms with van der Waals surface area (Å²) in [5.41, 5.74) is 1.57. The molecule has 0 fully saturated rings. The molecule has 0 N–H and O–H groups in total. The van der Waals surface area contributed by atoms with E-state index in [0.29, 0.717) is 33.5 Å². The van der Waals surface area contributed by atoms with Crippen molar-refractivity contribution in [3.05, 3.63) is 33.9 Å². The Morgan fingerprint density at radius 3 is 2.60 bits per heavy atom. The van der Waals surface area contributed by atoms with Crippen LogP contribution in [0.2, 0.25) is 10.2 Å². The molecule has 0 unspecified atom stereocenters. The number of carbonyl (C=O) groups is 1. The average molecular weight is 313 g/mol. The molecule has 0 saturated heterocycles. The van der Waals surface area contributed by atoms with E-state index in [1.54, 1.807) is 25.2 Å². The fourth-order valence-corrected chi connectivity index (χ4v) is 2.23. The second-order valence-corrected chi connectivity index (χ2v) is 5.37. The van der Waals surface area contributed by atoms with Gasteiger partial charge in [0, 0.05) is 12.6 Å². The summed E-state index contributed by atoms with van der Waals surface area (Å²) in [6, 6.07) is 5.27. The Labute approximate surface area is 127 Å². The summed E-state index contributed by atoms with van der Waals surface area (Å²) in [5.74, 6) is 0.597. The van der Waals surface area contributed by atoms with E-state index >= 15 is 0 Å². The maximum Gasteiger partial charge on any atom is 0.155 e. The van der Waals surface area contributed by atoms with Crippen LogP contribution in [0.25, 0.3) is 11.3 Å². The number of aryl methyl sites for hydroxylation is 1. The van der Waals surface area contributed by atoms with Crippen molar-refractivity contribution in [2.45, 2.75) is 20.0 Å². The van der Waals surface area contributed by atoms with Gasteiger partial charge in [-0.2, -0.15) is 5.10 Å². The number of hydrogen-bond acceptors (Lipinski definition) is 3. The quantitative estimate of drug-likeness (QED) is 0.802. The lowest BCUT2D eigenvalue weighted by atomic mass is 10.1. The minimum Gasteiger partial charge on any atom is -0.489 e. The van der Waals surface area contributed by atoms with Gasteiger partial charge in [0.2, 0.25) is 0 Å². The lowest BCUT2D eigenvalue weighted by Crippen LogP contribution is -2.05. The third-order valence-corrected chi connectivity index (χ3v) is 3.44. The van der Waals surface area contributed by atoms with Gasteiger partial charge in [-0.3, -0.25) is 9.48 Å². The molecule has 1 aromatic heterocycles. The number of hydrogen-bond donors (Lipinski definition) is 0. The summed E-state index contributed by atoms with van der Waals surface area (Å²) < 4.78 is 7.02. The monoisotopic (exact) mass is 312 g/mol. The third-order valence-electron chi connectivity index (χ3n) is 2.70. The zero-order chi connectivity index (χ0) is 14.9. The molecule has 106 valence electrons. The van der Waals surface area contributed by atoms with E-state index in [9.17, 15) is 4.79 Å². The summed E-state index contributed by atoms with van der Waals surface area (Å²) in [4.78, 5) is 11.1. The van der Waals surface area contributed by atoms with E-state index < -0.39 is 0 Å². The molecule has 0 spiro atoms. The van der Waals surface area contributed by atoms with E-state index in [1.165, 1.54) is 4.68 Å². The van der Waals surface area contributed by atoms with E-state index in [-0.39, 0.29) is 6.10 Å². The van der Waals surface area contributed by atoms with Gasteiger partial charge >= 0.3 is 0 Å². The van der Waals surface area contributed by atoms with Gasteiger partial charge in [-0.15, -0.1) is 0 Å². The lowest BCUT2D eigenvalue weighted by Gasteiger charge is -2.11. The van der Waals surface area contributed by atoms with Crippen molar-refractivity contribution >= 4 is 29.5 Å². The molecular weight excluding hydrogens is 299 g/mol. The molecule has 1 aromatic carbocycles. The molecule has 6 heteroatoms. The van der Waals surface area contributed by atoms with Crippen molar-refractivity contribution in [1.29, 1.82) is 0 Å². The first kappa shape index (κ1) is 14.9. The van der Waals surface area contributed by atoms with E-state index in [1.807, 2.05) is 13.8 Å². The van der Waals surface area contributed by atoms with Gasteiger partial charge in [0.05, 0.1) is 16.7 Å². The zero-order valence-electron chi connectivity index (χ0n) is 11.4. The van der Waals surface area contributed by atoms with Crippen LogP contribution in [0.3, 0.4) is 0 Å². The zero-order valence-corrected chi connectivity index (χ0v) is 12.9. The van der Waals surface area contributed by atoms with Crippen LogP contribution in [-0.2, 0) is 7.05 Å². The van der Waals surface area contributed by atoms with Crippen LogP contribution in [0.5, 0.6) is 5.75 Å². The van der Waals surface area contributed by atoms with Gasteiger partial charge in [0.25, 0.3) is 0 Å². The van der Waals surface area contributed by atoms with Crippen LogP contribution < -0.4 is 4.74 Å². The second kappa shape index (κ2) is 5.85. The summed E-state index contributed by atoms with van der Waals surface area (Å²) in [6.07, 6.45) is 0.727. The number of benzene rings is 1. The maximum absolute atomic E-state index is 11.1. The highest BCUT2D eigenvalue weighted by Crippen LogP contribution is 2.33. The third kappa shape index (κ3) is 2.81. The van der Waals surface area contributed by atoms with Crippen LogP contribution in [0.1, 0.15) is 24.2 Å².